The number of hydrogen-bond donors (Lipinski definition) is 1. The van der Waals surface area contributed by atoms with Crippen molar-refractivity contribution in [2.24, 2.45) is 0 Å². The lowest BCUT2D eigenvalue weighted by atomic mass is 9.96. The fraction of sp³-hybridized carbons (Fsp3) is 0.538. The van der Waals surface area contributed by atoms with Crippen LogP contribution in [0.4, 0.5) is 5.13 Å². The Balaban J connectivity index is 1.75. The summed E-state index contributed by atoms with van der Waals surface area (Å²) in [6, 6.07) is 0. The summed E-state index contributed by atoms with van der Waals surface area (Å²) in [5.41, 5.74) is -0.121. The van der Waals surface area contributed by atoms with Crippen LogP contribution in [0.2, 0.25) is 0 Å². The number of aryl methyl sites for hydroxylation is 1. The number of amides is 1. The molecular formula is C13H18N4O2S. The second-order valence-corrected chi connectivity index (χ2v) is 6.40. The van der Waals surface area contributed by atoms with Gasteiger partial charge in [-0.3, -0.25) is 4.79 Å². The summed E-state index contributed by atoms with van der Waals surface area (Å²) in [6.07, 6.45) is 3.34. The predicted molar refractivity (Wildman–Crippen MR) is 76.7 cm³/mol. The third-order valence-electron chi connectivity index (χ3n) is 2.61. The van der Waals surface area contributed by atoms with Crippen LogP contribution in [0.3, 0.4) is 0 Å². The number of anilines is 1. The highest BCUT2D eigenvalue weighted by atomic mass is 32.1. The van der Waals surface area contributed by atoms with E-state index in [1.54, 1.807) is 6.20 Å². The van der Waals surface area contributed by atoms with E-state index in [1.807, 2.05) is 26.2 Å². The number of nitrogens with zero attached hydrogens (tertiary/aromatic N) is 3. The zero-order valence-corrected chi connectivity index (χ0v) is 12.7. The van der Waals surface area contributed by atoms with Crippen molar-refractivity contribution in [1.29, 1.82) is 0 Å². The summed E-state index contributed by atoms with van der Waals surface area (Å²) < 4.78 is 5.18. The number of thiazole rings is 1. The molecule has 0 unspecified atom stereocenters. The maximum atomic E-state index is 11.7. The molecule has 0 fully saturated rings. The summed E-state index contributed by atoms with van der Waals surface area (Å²) in [5.74, 6) is 1.23. The Hall–Kier alpha value is -1.76. The van der Waals surface area contributed by atoms with E-state index >= 15 is 0 Å². The predicted octanol–water partition coefficient (Wildman–Crippen LogP) is 2.79. The zero-order chi connectivity index (χ0) is 14.6. The van der Waals surface area contributed by atoms with Crippen LogP contribution in [0.15, 0.2) is 16.1 Å². The largest absolute Gasteiger partial charge is 0.339 e. The molecule has 7 heteroatoms. The van der Waals surface area contributed by atoms with Gasteiger partial charge in [0.1, 0.15) is 0 Å². The average molecular weight is 294 g/mol. The molecule has 0 bridgehead atoms. The van der Waals surface area contributed by atoms with E-state index in [0.717, 1.165) is 0 Å². The van der Waals surface area contributed by atoms with E-state index in [0.29, 0.717) is 36.1 Å². The molecule has 0 saturated heterocycles. The molecule has 1 amide bonds. The molecule has 20 heavy (non-hydrogen) atoms. The summed E-state index contributed by atoms with van der Waals surface area (Å²) in [7, 11) is 0. The minimum absolute atomic E-state index is 0.0458. The molecule has 1 N–H and O–H groups in total. The van der Waals surface area contributed by atoms with Crippen molar-refractivity contribution in [1.82, 2.24) is 15.1 Å². The van der Waals surface area contributed by atoms with E-state index in [1.165, 1.54) is 11.3 Å². The first-order valence-electron chi connectivity index (χ1n) is 6.47. The second kappa shape index (κ2) is 6.13. The molecule has 0 spiro atoms. The van der Waals surface area contributed by atoms with Crippen LogP contribution in [-0.2, 0) is 16.6 Å². The zero-order valence-electron chi connectivity index (χ0n) is 11.8. The van der Waals surface area contributed by atoms with Crippen LogP contribution in [0, 0.1) is 0 Å². The highest BCUT2D eigenvalue weighted by Gasteiger charge is 2.20. The third kappa shape index (κ3) is 4.12. The number of hydrogen-bond acceptors (Lipinski definition) is 6. The van der Waals surface area contributed by atoms with Gasteiger partial charge in [0.15, 0.2) is 11.0 Å². The van der Waals surface area contributed by atoms with Gasteiger partial charge in [-0.05, 0) is 6.42 Å². The second-order valence-electron chi connectivity index (χ2n) is 5.50. The quantitative estimate of drug-likeness (QED) is 0.917. The first kappa shape index (κ1) is 14.6. The maximum absolute atomic E-state index is 11.7. The van der Waals surface area contributed by atoms with Gasteiger partial charge in [0, 0.05) is 29.8 Å². The van der Waals surface area contributed by atoms with Gasteiger partial charge in [-0.15, -0.1) is 11.3 Å². The van der Waals surface area contributed by atoms with Crippen molar-refractivity contribution in [2.45, 2.75) is 45.4 Å². The third-order valence-corrected chi connectivity index (χ3v) is 3.30. The summed E-state index contributed by atoms with van der Waals surface area (Å²) in [4.78, 5) is 20.0. The molecule has 108 valence electrons. The molecule has 0 aliphatic rings. The summed E-state index contributed by atoms with van der Waals surface area (Å²) in [6.45, 7) is 6.09. The number of carbonyl (C=O) groups excluding carboxylic acids is 1. The number of carbonyl (C=O) groups is 1. The van der Waals surface area contributed by atoms with Crippen LogP contribution < -0.4 is 5.32 Å². The van der Waals surface area contributed by atoms with E-state index in [-0.39, 0.29) is 11.3 Å². The van der Waals surface area contributed by atoms with Gasteiger partial charge in [-0.2, -0.15) is 4.98 Å². The molecule has 2 aromatic rings. The van der Waals surface area contributed by atoms with Crippen molar-refractivity contribution >= 4 is 22.4 Å². The Bertz CT molecular complexity index is 557. The van der Waals surface area contributed by atoms with Gasteiger partial charge >= 0.3 is 0 Å². The van der Waals surface area contributed by atoms with Crippen LogP contribution in [0.25, 0.3) is 0 Å². The summed E-state index contributed by atoms with van der Waals surface area (Å²) in [5, 5.41) is 9.14. The van der Waals surface area contributed by atoms with Gasteiger partial charge in [-0.1, -0.05) is 25.9 Å². The molecule has 0 saturated carbocycles. The fourth-order valence-corrected chi connectivity index (χ4v) is 2.07. The van der Waals surface area contributed by atoms with Crippen molar-refractivity contribution in [3.8, 4) is 0 Å². The standard InChI is InChI=1S/C13H18N4O2S/c1-13(2,3)11-16-10(19-17-11)6-4-5-9(18)15-12-14-7-8-20-12/h7-8H,4-6H2,1-3H3,(H,14,15,18). The molecular weight excluding hydrogens is 276 g/mol. The molecule has 0 aliphatic heterocycles. The highest BCUT2D eigenvalue weighted by Crippen LogP contribution is 2.19. The van der Waals surface area contributed by atoms with Gasteiger partial charge in [-0.25, -0.2) is 4.98 Å². The Morgan fingerprint density at radius 1 is 1.45 bits per heavy atom. The van der Waals surface area contributed by atoms with E-state index in [9.17, 15) is 4.79 Å². The topological polar surface area (TPSA) is 80.9 Å². The van der Waals surface area contributed by atoms with Crippen LogP contribution in [-0.4, -0.2) is 21.0 Å². The number of aromatic nitrogens is 3. The van der Waals surface area contributed by atoms with Crippen LogP contribution in [0.5, 0.6) is 0 Å². The van der Waals surface area contributed by atoms with Gasteiger partial charge in [0.05, 0.1) is 0 Å². The Kier molecular flexibility index (Phi) is 4.49. The SMILES string of the molecule is CC(C)(C)c1noc(CCCC(=O)Nc2nccs2)n1. The lowest BCUT2D eigenvalue weighted by molar-refractivity contribution is -0.116. The molecule has 0 aromatic carbocycles. The lowest BCUT2D eigenvalue weighted by Gasteiger charge is -2.10. The van der Waals surface area contributed by atoms with Crippen LogP contribution in [0.1, 0.15) is 45.3 Å². The minimum Gasteiger partial charge on any atom is -0.339 e. The van der Waals surface area contributed by atoms with E-state index in [2.05, 4.69) is 20.4 Å². The monoisotopic (exact) mass is 294 g/mol. The fourth-order valence-electron chi connectivity index (χ4n) is 1.53. The first-order valence-corrected chi connectivity index (χ1v) is 7.35. The normalized spacial score (nSPS) is 11.6. The van der Waals surface area contributed by atoms with Crippen molar-refractivity contribution in [3.63, 3.8) is 0 Å². The molecule has 2 heterocycles. The Morgan fingerprint density at radius 3 is 2.85 bits per heavy atom. The van der Waals surface area contributed by atoms with Crippen LogP contribution >= 0.6 is 11.3 Å². The number of rotatable bonds is 5. The molecule has 2 rings (SSSR count). The Labute approximate surface area is 121 Å². The molecule has 0 aliphatic carbocycles. The Morgan fingerprint density at radius 2 is 2.25 bits per heavy atom. The van der Waals surface area contributed by atoms with Crippen molar-refractivity contribution < 1.29 is 9.32 Å². The first-order chi connectivity index (χ1) is 9.45. The highest BCUT2D eigenvalue weighted by molar-refractivity contribution is 7.13. The van der Waals surface area contributed by atoms with E-state index < -0.39 is 0 Å². The molecule has 2 aromatic heterocycles. The van der Waals surface area contributed by atoms with Crippen molar-refractivity contribution in [3.05, 3.63) is 23.3 Å². The molecule has 0 atom stereocenters. The molecule has 6 nitrogen and oxygen atoms in total. The van der Waals surface area contributed by atoms with E-state index in [4.69, 9.17) is 4.52 Å². The van der Waals surface area contributed by atoms with Crippen molar-refractivity contribution in [2.75, 3.05) is 5.32 Å². The summed E-state index contributed by atoms with van der Waals surface area (Å²) >= 11 is 1.40. The van der Waals surface area contributed by atoms with Gasteiger partial charge in [0.2, 0.25) is 11.8 Å². The average Bonchev–Trinajstić information content (AvgIpc) is 2.98. The molecule has 0 radical (unpaired) electrons. The lowest BCUT2D eigenvalue weighted by Crippen LogP contribution is -2.13. The maximum Gasteiger partial charge on any atom is 0.226 e. The van der Waals surface area contributed by atoms with Gasteiger partial charge < -0.3 is 9.84 Å². The number of nitrogens with one attached hydrogen (secondary N) is 1. The minimum atomic E-state index is -0.121. The van der Waals surface area contributed by atoms with Gasteiger partial charge in [0.25, 0.3) is 0 Å². The smallest absolute Gasteiger partial charge is 0.226 e.